The number of nitrogens with one attached hydrogen (secondary N) is 1. The third kappa shape index (κ3) is 3.96. The van der Waals surface area contributed by atoms with Gasteiger partial charge in [-0.25, -0.2) is 4.99 Å². The smallest absolute Gasteiger partial charge is 0.320 e. The summed E-state index contributed by atoms with van der Waals surface area (Å²) in [5.41, 5.74) is 12.9. The maximum Gasteiger partial charge on any atom is 0.320 e. The molecule has 0 unspecified atom stereocenters. The number of nitrogens with zero attached hydrogens (tertiary/aromatic N) is 1. The highest BCUT2D eigenvalue weighted by Gasteiger charge is 2.21. The van der Waals surface area contributed by atoms with Gasteiger partial charge in [0.2, 0.25) is 0 Å². The summed E-state index contributed by atoms with van der Waals surface area (Å²) in [5, 5.41) is 11.9. The lowest BCUT2D eigenvalue weighted by Gasteiger charge is -2.13. The van der Waals surface area contributed by atoms with Gasteiger partial charge < -0.3 is 21.9 Å². The fourth-order valence-electron chi connectivity index (χ4n) is 1.72. The molecule has 1 aromatic carbocycles. The van der Waals surface area contributed by atoms with Crippen LogP contribution in [0.1, 0.15) is 18.4 Å². The molecule has 0 amide bonds. The van der Waals surface area contributed by atoms with E-state index in [1.807, 2.05) is 24.3 Å². The van der Waals surface area contributed by atoms with Gasteiger partial charge in [-0.05, 0) is 24.5 Å². The number of anilines is 1. The van der Waals surface area contributed by atoms with Crippen LogP contribution in [0.4, 0.5) is 5.69 Å². The lowest BCUT2D eigenvalue weighted by molar-refractivity contribution is -0.138. The molecule has 6 N–H and O–H groups in total. The molecule has 102 valence electrons. The third-order valence-electron chi connectivity index (χ3n) is 2.91. The van der Waals surface area contributed by atoms with E-state index in [1.54, 1.807) is 0 Å². The molecule has 1 aliphatic carbocycles. The molecular formula is C13H18N4O2. The number of guanidine groups is 1. The number of benzene rings is 1. The van der Waals surface area contributed by atoms with Crippen LogP contribution in [-0.2, 0) is 11.2 Å². The molecule has 0 heterocycles. The molecule has 6 nitrogen and oxygen atoms in total. The molecule has 0 radical (unpaired) electrons. The van der Waals surface area contributed by atoms with E-state index in [0.717, 1.165) is 24.1 Å². The van der Waals surface area contributed by atoms with Crippen LogP contribution < -0.4 is 16.8 Å². The zero-order valence-electron chi connectivity index (χ0n) is 10.5. The lowest BCUT2D eigenvalue weighted by Crippen LogP contribution is -2.33. The van der Waals surface area contributed by atoms with Gasteiger partial charge in [-0.2, -0.15) is 0 Å². The fraction of sp³-hybridized carbons (Fsp3) is 0.385. The molecule has 0 bridgehead atoms. The average Bonchev–Trinajstić information content (AvgIpc) is 3.15. The summed E-state index contributed by atoms with van der Waals surface area (Å²) in [6.07, 6.45) is 2.40. The maximum atomic E-state index is 10.8. The molecule has 1 atom stereocenters. The van der Waals surface area contributed by atoms with Gasteiger partial charge in [0, 0.05) is 12.1 Å². The number of rotatable bonds is 5. The normalized spacial score (nSPS) is 17.0. The first kappa shape index (κ1) is 13.4. The Kier molecular flexibility index (Phi) is 4.01. The summed E-state index contributed by atoms with van der Waals surface area (Å²) in [6, 6.07) is 6.76. The van der Waals surface area contributed by atoms with Gasteiger partial charge in [0.1, 0.15) is 6.04 Å². The van der Waals surface area contributed by atoms with Crippen molar-refractivity contribution in [2.24, 2.45) is 16.5 Å². The molecule has 0 aromatic heterocycles. The van der Waals surface area contributed by atoms with Crippen molar-refractivity contribution in [1.29, 1.82) is 0 Å². The van der Waals surface area contributed by atoms with Crippen molar-refractivity contribution >= 4 is 17.6 Å². The van der Waals surface area contributed by atoms with Gasteiger partial charge in [-0.1, -0.05) is 18.2 Å². The van der Waals surface area contributed by atoms with Gasteiger partial charge in [-0.3, -0.25) is 4.79 Å². The molecular weight excluding hydrogens is 244 g/mol. The van der Waals surface area contributed by atoms with Crippen LogP contribution in [0.5, 0.6) is 0 Å². The van der Waals surface area contributed by atoms with Crippen LogP contribution in [-0.4, -0.2) is 29.1 Å². The van der Waals surface area contributed by atoms with Crippen molar-refractivity contribution in [2.45, 2.75) is 31.3 Å². The molecule has 6 heteroatoms. The van der Waals surface area contributed by atoms with Crippen LogP contribution in [0.25, 0.3) is 0 Å². The Hall–Kier alpha value is -2.08. The van der Waals surface area contributed by atoms with Crippen LogP contribution in [0.2, 0.25) is 0 Å². The minimum atomic E-state index is -1.02. The summed E-state index contributed by atoms with van der Waals surface area (Å²) in [4.78, 5) is 15.1. The van der Waals surface area contributed by atoms with Gasteiger partial charge in [0.25, 0.3) is 0 Å². The summed E-state index contributed by atoms with van der Waals surface area (Å²) in [7, 11) is 0. The number of aliphatic carboxylic acids is 1. The highest BCUT2D eigenvalue weighted by Crippen LogP contribution is 2.23. The average molecular weight is 262 g/mol. The quantitative estimate of drug-likeness (QED) is 0.456. The van der Waals surface area contributed by atoms with Gasteiger partial charge in [-0.15, -0.1) is 0 Å². The van der Waals surface area contributed by atoms with Crippen LogP contribution in [0.3, 0.4) is 0 Å². The van der Waals surface area contributed by atoms with E-state index in [2.05, 4.69) is 10.3 Å². The molecule has 0 aliphatic heterocycles. The molecule has 19 heavy (non-hydrogen) atoms. The Labute approximate surface area is 111 Å². The second-order valence-electron chi connectivity index (χ2n) is 4.68. The summed E-state index contributed by atoms with van der Waals surface area (Å²) in [6.45, 7) is 0. The first-order chi connectivity index (χ1) is 9.06. The van der Waals surface area contributed by atoms with Crippen molar-refractivity contribution in [3.63, 3.8) is 0 Å². The first-order valence-electron chi connectivity index (χ1n) is 6.23. The predicted molar refractivity (Wildman–Crippen MR) is 74.0 cm³/mol. The second kappa shape index (κ2) is 5.71. The number of carboxylic acid groups (broad SMARTS) is 1. The Morgan fingerprint density at radius 1 is 1.47 bits per heavy atom. The number of carboxylic acids is 1. The molecule has 0 saturated heterocycles. The molecule has 0 spiro atoms. The number of para-hydroxylation sites is 1. The number of aliphatic imine (C=N–C) groups is 1. The molecule has 2 rings (SSSR count). The van der Waals surface area contributed by atoms with Crippen LogP contribution in [0, 0.1) is 0 Å². The van der Waals surface area contributed by atoms with Crippen molar-refractivity contribution in [3.8, 4) is 0 Å². The molecule has 1 saturated carbocycles. The van der Waals surface area contributed by atoms with Crippen LogP contribution in [0.15, 0.2) is 29.3 Å². The Balaban J connectivity index is 2.09. The van der Waals surface area contributed by atoms with E-state index in [4.69, 9.17) is 16.6 Å². The predicted octanol–water partition coefficient (Wildman–Crippen LogP) is 0.530. The largest absolute Gasteiger partial charge is 0.480 e. The molecule has 1 aromatic rings. The second-order valence-corrected chi connectivity index (χ2v) is 4.68. The molecule has 1 fully saturated rings. The Bertz CT molecular complexity index is 497. The molecule has 1 aliphatic rings. The standard InChI is InChI=1S/C13H18N4O2/c14-10(12(18)19)7-8-3-1-2-4-11(8)17-13(15)16-9-5-6-9/h1-4,9-10H,5-7,14H2,(H,18,19)(H3,15,16,17)/t10-/m0/s1. The van der Waals surface area contributed by atoms with Crippen molar-refractivity contribution in [2.75, 3.05) is 5.32 Å². The number of hydrogen-bond acceptors (Lipinski definition) is 3. The number of carbonyl (C=O) groups is 1. The number of hydrogen-bond donors (Lipinski definition) is 4. The van der Waals surface area contributed by atoms with E-state index in [0.29, 0.717) is 12.0 Å². The topological polar surface area (TPSA) is 114 Å². The Morgan fingerprint density at radius 3 is 2.79 bits per heavy atom. The van der Waals surface area contributed by atoms with Gasteiger partial charge in [0.05, 0.1) is 6.04 Å². The monoisotopic (exact) mass is 262 g/mol. The van der Waals surface area contributed by atoms with Crippen molar-refractivity contribution in [1.82, 2.24) is 0 Å². The summed E-state index contributed by atoms with van der Waals surface area (Å²) >= 11 is 0. The fourth-order valence-corrected chi connectivity index (χ4v) is 1.72. The lowest BCUT2D eigenvalue weighted by atomic mass is 10.0. The minimum Gasteiger partial charge on any atom is -0.480 e. The van der Waals surface area contributed by atoms with Crippen LogP contribution >= 0.6 is 0 Å². The Morgan fingerprint density at radius 2 is 2.16 bits per heavy atom. The van der Waals surface area contributed by atoms with E-state index < -0.39 is 12.0 Å². The van der Waals surface area contributed by atoms with E-state index in [-0.39, 0.29) is 6.42 Å². The highest BCUT2D eigenvalue weighted by atomic mass is 16.4. The van der Waals surface area contributed by atoms with E-state index >= 15 is 0 Å². The maximum absolute atomic E-state index is 10.8. The SMILES string of the molecule is NC(=NC1CC1)Nc1ccccc1C[C@H](N)C(=O)O. The summed E-state index contributed by atoms with van der Waals surface area (Å²) < 4.78 is 0. The summed E-state index contributed by atoms with van der Waals surface area (Å²) in [5.74, 6) is -0.659. The van der Waals surface area contributed by atoms with Gasteiger partial charge >= 0.3 is 5.97 Å². The van der Waals surface area contributed by atoms with Crippen molar-refractivity contribution in [3.05, 3.63) is 29.8 Å². The minimum absolute atomic E-state index is 0.245. The van der Waals surface area contributed by atoms with E-state index in [1.165, 1.54) is 0 Å². The zero-order chi connectivity index (χ0) is 13.8. The van der Waals surface area contributed by atoms with Gasteiger partial charge in [0.15, 0.2) is 5.96 Å². The number of nitrogens with two attached hydrogens (primary N) is 2. The third-order valence-corrected chi connectivity index (χ3v) is 2.91. The highest BCUT2D eigenvalue weighted by molar-refractivity contribution is 5.93. The van der Waals surface area contributed by atoms with Crippen molar-refractivity contribution < 1.29 is 9.90 Å². The zero-order valence-corrected chi connectivity index (χ0v) is 10.5. The van der Waals surface area contributed by atoms with E-state index in [9.17, 15) is 4.79 Å². The first-order valence-corrected chi connectivity index (χ1v) is 6.23.